The molecule has 0 amide bonds. The lowest BCUT2D eigenvalue weighted by Crippen LogP contribution is -1.83. The Labute approximate surface area is 300 Å². The molecule has 0 unspecified atom stereocenters. The molecule has 0 atom stereocenters. The first-order valence-corrected chi connectivity index (χ1v) is 17.6. The van der Waals surface area contributed by atoms with E-state index in [1.165, 1.54) is 11.1 Å². The van der Waals surface area contributed by atoms with Gasteiger partial charge < -0.3 is 13.3 Å². The van der Waals surface area contributed by atoms with Crippen molar-refractivity contribution < 1.29 is 13.3 Å². The minimum Gasteiger partial charge on any atom is -0.456 e. The maximum absolute atomic E-state index is 6.80. The fraction of sp³-hybridized carbons (Fsp3) is 0.0204. The second kappa shape index (κ2) is 11.9. The van der Waals surface area contributed by atoms with Gasteiger partial charge in [0.25, 0.3) is 0 Å². The van der Waals surface area contributed by atoms with Crippen molar-refractivity contribution in [3.8, 4) is 33.4 Å². The van der Waals surface area contributed by atoms with Gasteiger partial charge in [0, 0.05) is 32.3 Å². The average Bonchev–Trinajstić information content (AvgIpc) is 3.87. The van der Waals surface area contributed by atoms with Crippen molar-refractivity contribution in [1.82, 2.24) is 0 Å². The zero-order valence-electron chi connectivity index (χ0n) is 28.5. The summed E-state index contributed by atoms with van der Waals surface area (Å²) in [5, 5.41) is 6.31. The van der Waals surface area contributed by atoms with Gasteiger partial charge >= 0.3 is 0 Å². The van der Waals surface area contributed by atoms with Crippen LogP contribution in [0.5, 0.6) is 0 Å². The Morgan fingerprint density at radius 2 is 0.942 bits per heavy atom. The smallest absolute Gasteiger partial charge is 0.147 e. The van der Waals surface area contributed by atoms with Crippen molar-refractivity contribution in [2.75, 3.05) is 0 Å². The molecule has 0 aliphatic carbocycles. The van der Waals surface area contributed by atoms with Gasteiger partial charge in [0.2, 0.25) is 0 Å². The van der Waals surface area contributed by atoms with Gasteiger partial charge in [0.05, 0.1) is 5.56 Å². The molecule has 7 aromatic carbocycles. The number of allylic oxidation sites excluding steroid dienone is 5. The summed E-state index contributed by atoms with van der Waals surface area (Å²) < 4.78 is 20.0. The molecule has 3 aromatic heterocycles. The van der Waals surface area contributed by atoms with Crippen LogP contribution in [0.2, 0.25) is 0 Å². The van der Waals surface area contributed by atoms with Crippen molar-refractivity contribution in [1.29, 1.82) is 0 Å². The highest BCUT2D eigenvalue weighted by Crippen LogP contribution is 2.46. The molecule has 0 aliphatic rings. The first-order valence-electron chi connectivity index (χ1n) is 17.6. The second-order valence-electron chi connectivity index (χ2n) is 13.2. The molecule has 0 bridgehead atoms. The van der Waals surface area contributed by atoms with Gasteiger partial charge in [-0.2, -0.15) is 0 Å². The highest BCUT2D eigenvalue weighted by atomic mass is 16.3. The van der Waals surface area contributed by atoms with E-state index in [-0.39, 0.29) is 0 Å². The first kappa shape index (κ1) is 30.0. The summed E-state index contributed by atoms with van der Waals surface area (Å²) in [6.07, 6.45) is 8.00. The zero-order chi connectivity index (χ0) is 34.8. The molecule has 0 aliphatic heterocycles. The van der Waals surface area contributed by atoms with Crippen molar-refractivity contribution in [2.45, 2.75) is 6.92 Å². The highest BCUT2D eigenvalue weighted by Gasteiger charge is 2.23. The summed E-state index contributed by atoms with van der Waals surface area (Å²) in [4.78, 5) is 0. The van der Waals surface area contributed by atoms with Gasteiger partial charge in [-0.15, -0.1) is 0 Å². The lowest BCUT2D eigenvalue weighted by atomic mass is 9.95. The molecule has 10 rings (SSSR count). The third kappa shape index (κ3) is 4.74. The predicted molar refractivity (Wildman–Crippen MR) is 218 cm³/mol. The topological polar surface area (TPSA) is 39.4 Å². The molecule has 0 saturated carbocycles. The molecule has 0 radical (unpaired) electrons. The summed E-state index contributed by atoms with van der Waals surface area (Å²) in [6.45, 7) is 5.96. The van der Waals surface area contributed by atoms with Crippen LogP contribution in [-0.4, -0.2) is 0 Å². The molecule has 0 fully saturated rings. The third-order valence-electron chi connectivity index (χ3n) is 10.1. The summed E-state index contributed by atoms with van der Waals surface area (Å²) in [6, 6.07) is 48.9. The maximum Gasteiger partial charge on any atom is 0.147 e. The Morgan fingerprint density at radius 3 is 1.50 bits per heavy atom. The van der Waals surface area contributed by atoms with E-state index in [0.717, 1.165) is 99.2 Å². The van der Waals surface area contributed by atoms with Crippen LogP contribution in [0.4, 0.5) is 0 Å². The van der Waals surface area contributed by atoms with Crippen LogP contribution in [0.25, 0.3) is 105 Å². The third-order valence-corrected chi connectivity index (χ3v) is 10.1. The number of fused-ring (bicyclic) bond motifs is 9. The van der Waals surface area contributed by atoms with Crippen molar-refractivity contribution in [3.63, 3.8) is 0 Å². The molecule has 3 nitrogen and oxygen atoms in total. The van der Waals surface area contributed by atoms with E-state index < -0.39 is 0 Å². The first-order chi connectivity index (χ1) is 25.7. The fourth-order valence-corrected chi connectivity index (χ4v) is 7.69. The van der Waals surface area contributed by atoms with E-state index in [9.17, 15) is 0 Å². The monoisotopic (exact) mass is 668 g/mol. The number of rotatable bonds is 6. The Balaban J connectivity index is 1.27. The molecular formula is C49H32O3. The van der Waals surface area contributed by atoms with Gasteiger partial charge in [-0.3, -0.25) is 0 Å². The van der Waals surface area contributed by atoms with Crippen LogP contribution in [0, 0.1) is 0 Å². The van der Waals surface area contributed by atoms with Crippen LogP contribution < -0.4 is 0 Å². The van der Waals surface area contributed by atoms with Gasteiger partial charge in [0.1, 0.15) is 33.5 Å². The number of hydrogen-bond acceptors (Lipinski definition) is 3. The highest BCUT2D eigenvalue weighted by molar-refractivity contribution is 6.23. The summed E-state index contributed by atoms with van der Waals surface area (Å²) in [5.74, 6) is 0. The van der Waals surface area contributed by atoms with Crippen LogP contribution in [-0.2, 0) is 0 Å². The molecule has 10 aromatic rings. The van der Waals surface area contributed by atoms with Crippen LogP contribution in [0.3, 0.4) is 0 Å². The molecular weight excluding hydrogens is 637 g/mol. The molecule has 246 valence electrons. The van der Waals surface area contributed by atoms with Crippen LogP contribution >= 0.6 is 0 Å². The van der Waals surface area contributed by atoms with Gasteiger partial charge in [-0.25, -0.2) is 0 Å². The molecule has 0 spiro atoms. The molecule has 0 N–H and O–H groups in total. The van der Waals surface area contributed by atoms with E-state index in [0.29, 0.717) is 0 Å². The maximum atomic E-state index is 6.80. The molecule has 52 heavy (non-hydrogen) atoms. The minimum atomic E-state index is 0.798. The van der Waals surface area contributed by atoms with E-state index in [4.69, 9.17) is 13.3 Å². The second-order valence-corrected chi connectivity index (χ2v) is 13.2. The van der Waals surface area contributed by atoms with Crippen molar-refractivity contribution >= 4 is 71.4 Å². The van der Waals surface area contributed by atoms with Gasteiger partial charge in [-0.05, 0) is 100 Å². The lowest BCUT2D eigenvalue weighted by Gasteiger charge is -2.06. The van der Waals surface area contributed by atoms with E-state index in [1.54, 1.807) is 0 Å². The van der Waals surface area contributed by atoms with E-state index in [2.05, 4.69) is 140 Å². The standard InChI is InChI=1S/C49H32O3/c1-3-11-30(12-4-2)33-17-21-43-37(25-33)38-28-36(20-24-44(38)50-43)47-48-41(39-26-34(18-22-45(39)51-48)31-13-7-5-8-14-31)29-42-40-27-35(32-15-9-6-10-16-32)19-23-46(40)52-49(42)47/h3-29H,1H2,2H3/b12-4-,30-11+. The van der Waals surface area contributed by atoms with Crippen LogP contribution in [0.1, 0.15) is 12.5 Å². The fourth-order valence-electron chi connectivity index (χ4n) is 7.69. The lowest BCUT2D eigenvalue weighted by molar-refractivity contribution is 0.658. The van der Waals surface area contributed by atoms with Crippen molar-refractivity contribution in [2.24, 2.45) is 0 Å². The quantitative estimate of drug-likeness (QED) is 0.166. The minimum absolute atomic E-state index is 0.798. The van der Waals surface area contributed by atoms with E-state index in [1.807, 2.05) is 37.3 Å². The number of hydrogen-bond donors (Lipinski definition) is 0. The average molecular weight is 669 g/mol. The molecule has 3 heterocycles. The Kier molecular flexibility index (Phi) is 6.87. The summed E-state index contributed by atoms with van der Waals surface area (Å²) >= 11 is 0. The Morgan fingerprint density at radius 1 is 0.462 bits per heavy atom. The van der Waals surface area contributed by atoms with Crippen LogP contribution in [0.15, 0.2) is 184 Å². The zero-order valence-corrected chi connectivity index (χ0v) is 28.5. The SMILES string of the molecule is C=C/C=C(\C=C/C)c1ccc2oc3ccc(-c4c5oc6ccc(-c7ccccc7)cc6c5cc5c4oc4ccc(-c6ccccc6)cc45)cc3c2c1. The Hall–Kier alpha value is -6.84. The Bertz CT molecular complexity index is 2940. The molecule has 0 saturated heterocycles. The van der Waals surface area contributed by atoms with Gasteiger partial charge in [-0.1, -0.05) is 116 Å². The summed E-state index contributed by atoms with van der Waals surface area (Å²) in [5.41, 5.74) is 13.7. The van der Waals surface area contributed by atoms with Crippen molar-refractivity contribution in [3.05, 3.63) is 176 Å². The normalized spacial score (nSPS) is 12.4. The summed E-state index contributed by atoms with van der Waals surface area (Å²) in [7, 11) is 0. The predicted octanol–water partition coefficient (Wildman–Crippen LogP) is 14.5. The molecule has 3 heteroatoms. The van der Waals surface area contributed by atoms with E-state index >= 15 is 0 Å². The number of benzene rings is 7. The van der Waals surface area contributed by atoms with Gasteiger partial charge in [0.15, 0.2) is 0 Å². The number of furan rings is 3. The largest absolute Gasteiger partial charge is 0.456 e.